The van der Waals surface area contributed by atoms with Crippen LogP contribution in [0.3, 0.4) is 0 Å². The van der Waals surface area contributed by atoms with Crippen molar-refractivity contribution in [3.63, 3.8) is 0 Å². The van der Waals surface area contributed by atoms with Crippen LogP contribution in [0, 0.1) is 17.8 Å². The van der Waals surface area contributed by atoms with E-state index in [0.717, 1.165) is 29.9 Å². The molecule has 1 N–H and O–H groups in total. The number of ether oxygens (including phenoxy) is 1. The van der Waals surface area contributed by atoms with Crippen molar-refractivity contribution in [3.05, 3.63) is 60.2 Å². The first kappa shape index (κ1) is 20.8. The van der Waals surface area contributed by atoms with Crippen molar-refractivity contribution in [1.29, 1.82) is 0 Å². The number of amides is 2. The third-order valence-corrected chi connectivity index (χ3v) is 8.54. The minimum absolute atomic E-state index is 0.139. The lowest BCUT2D eigenvalue weighted by molar-refractivity contribution is -0.119. The molecule has 172 valence electrons. The average molecular weight is 445 g/mol. The van der Waals surface area contributed by atoms with Gasteiger partial charge in [-0.3, -0.25) is 9.69 Å². The maximum atomic E-state index is 13.0. The second kappa shape index (κ2) is 8.19. The van der Waals surface area contributed by atoms with Crippen molar-refractivity contribution >= 4 is 17.7 Å². The van der Waals surface area contributed by atoms with E-state index in [0.29, 0.717) is 24.1 Å². The number of anilines is 1. The molecule has 5 heteroatoms. The molecule has 33 heavy (non-hydrogen) atoms. The second-order valence-corrected chi connectivity index (χ2v) is 10.8. The molecule has 5 fully saturated rings. The molecular weight excluding hydrogens is 412 g/mol. The van der Waals surface area contributed by atoms with Gasteiger partial charge in [0.1, 0.15) is 11.8 Å². The Kier molecular flexibility index (Phi) is 5.16. The minimum atomic E-state index is -0.496. The molecule has 4 aliphatic carbocycles. The lowest BCUT2D eigenvalue weighted by Crippen LogP contribution is -2.48. The summed E-state index contributed by atoms with van der Waals surface area (Å²) >= 11 is 0. The smallest absolute Gasteiger partial charge is 0.410 e. The molecule has 5 nitrogen and oxygen atoms in total. The Bertz CT molecular complexity index is 998. The Morgan fingerprint density at radius 2 is 1.52 bits per heavy atom. The molecule has 2 aromatic carbocycles. The molecule has 1 aliphatic heterocycles. The quantitative estimate of drug-likeness (QED) is 0.653. The van der Waals surface area contributed by atoms with Crippen molar-refractivity contribution in [2.24, 2.45) is 17.8 Å². The van der Waals surface area contributed by atoms with Gasteiger partial charge in [0, 0.05) is 12.2 Å². The summed E-state index contributed by atoms with van der Waals surface area (Å²) in [4.78, 5) is 27.2. The number of likely N-dealkylation sites (tertiary alicyclic amines) is 1. The highest BCUT2D eigenvalue weighted by atomic mass is 16.6. The number of carbonyl (C=O) groups is 2. The van der Waals surface area contributed by atoms with Gasteiger partial charge in [0.05, 0.1) is 0 Å². The molecule has 0 unspecified atom stereocenters. The predicted molar refractivity (Wildman–Crippen MR) is 127 cm³/mol. The second-order valence-electron chi connectivity index (χ2n) is 10.8. The van der Waals surface area contributed by atoms with E-state index in [1.807, 2.05) is 30.3 Å². The number of hydrogen-bond donors (Lipinski definition) is 1. The first-order valence-corrected chi connectivity index (χ1v) is 12.5. The van der Waals surface area contributed by atoms with Crippen LogP contribution in [0.4, 0.5) is 10.5 Å². The topological polar surface area (TPSA) is 58.6 Å². The van der Waals surface area contributed by atoms with E-state index in [-0.39, 0.29) is 5.91 Å². The lowest BCUT2D eigenvalue weighted by atomic mass is 9.48. The molecule has 0 radical (unpaired) electrons. The fourth-order valence-electron chi connectivity index (χ4n) is 7.50. The zero-order chi connectivity index (χ0) is 22.4. The Morgan fingerprint density at radius 3 is 2.15 bits per heavy atom. The number of para-hydroxylation sites is 1. The van der Waals surface area contributed by atoms with Gasteiger partial charge < -0.3 is 10.1 Å². The summed E-state index contributed by atoms with van der Waals surface area (Å²) in [6, 6.07) is 17.1. The number of nitrogens with one attached hydrogen (secondary N) is 1. The van der Waals surface area contributed by atoms with Gasteiger partial charge in [-0.2, -0.15) is 0 Å². The third-order valence-electron chi connectivity index (χ3n) is 8.54. The van der Waals surface area contributed by atoms with Crippen LogP contribution in [0.2, 0.25) is 0 Å². The van der Waals surface area contributed by atoms with E-state index >= 15 is 0 Å². The predicted octanol–water partition coefficient (Wildman–Crippen LogP) is 5.76. The van der Waals surface area contributed by atoms with Crippen LogP contribution >= 0.6 is 0 Å². The molecule has 2 aromatic rings. The highest BCUT2D eigenvalue weighted by molar-refractivity contribution is 5.97. The van der Waals surface area contributed by atoms with E-state index < -0.39 is 12.1 Å². The fourth-order valence-corrected chi connectivity index (χ4v) is 7.50. The largest absolute Gasteiger partial charge is 0.415 e. The summed E-state index contributed by atoms with van der Waals surface area (Å²) in [7, 11) is 0. The standard InChI is InChI=1S/C28H32N2O3/c31-26(25-7-4-12-30(25)27(32)33-24-5-2-1-3-6-24)29-23-10-8-22(9-11-23)28-16-19-13-20(17-28)15-21(14-19)18-28/h1-3,5-6,8-11,19-21,25H,4,7,12-18H2,(H,29,31)/t19?,20?,21?,25-,28?/m0/s1. The maximum absolute atomic E-state index is 13.0. The van der Waals surface area contributed by atoms with Gasteiger partial charge in [-0.15, -0.1) is 0 Å². The Balaban J connectivity index is 1.11. The van der Waals surface area contributed by atoms with Gasteiger partial charge in [0.15, 0.2) is 0 Å². The zero-order valence-corrected chi connectivity index (χ0v) is 19.0. The summed E-state index contributed by atoms with van der Waals surface area (Å²) in [5, 5.41) is 3.05. The van der Waals surface area contributed by atoms with Gasteiger partial charge >= 0.3 is 6.09 Å². The molecule has 4 bridgehead atoms. The fraction of sp³-hybridized carbons (Fsp3) is 0.500. The molecule has 0 spiro atoms. The minimum Gasteiger partial charge on any atom is -0.410 e. The van der Waals surface area contributed by atoms with Crippen LogP contribution < -0.4 is 10.1 Å². The maximum Gasteiger partial charge on any atom is 0.415 e. The van der Waals surface area contributed by atoms with Crippen LogP contribution in [-0.4, -0.2) is 29.5 Å². The molecule has 0 aromatic heterocycles. The van der Waals surface area contributed by atoms with Crippen LogP contribution in [0.25, 0.3) is 0 Å². The molecule has 5 aliphatic rings. The Morgan fingerprint density at radius 1 is 0.879 bits per heavy atom. The van der Waals surface area contributed by atoms with Crippen molar-refractivity contribution < 1.29 is 14.3 Å². The molecule has 1 heterocycles. The van der Waals surface area contributed by atoms with Crippen molar-refractivity contribution in [2.45, 2.75) is 62.8 Å². The number of carbonyl (C=O) groups excluding carboxylic acids is 2. The molecule has 7 rings (SSSR count). The molecule has 1 atom stereocenters. The number of benzene rings is 2. The van der Waals surface area contributed by atoms with Gasteiger partial charge in [-0.05, 0) is 104 Å². The average Bonchev–Trinajstić information content (AvgIpc) is 3.30. The van der Waals surface area contributed by atoms with E-state index in [2.05, 4.69) is 17.4 Å². The Hall–Kier alpha value is -2.82. The summed E-state index contributed by atoms with van der Waals surface area (Å²) in [6.45, 7) is 0.536. The summed E-state index contributed by atoms with van der Waals surface area (Å²) < 4.78 is 5.47. The van der Waals surface area contributed by atoms with E-state index in [1.54, 1.807) is 17.0 Å². The van der Waals surface area contributed by atoms with Gasteiger partial charge in [-0.1, -0.05) is 30.3 Å². The van der Waals surface area contributed by atoms with E-state index in [9.17, 15) is 9.59 Å². The van der Waals surface area contributed by atoms with Crippen molar-refractivity contribution in [2.75, 3.05) is 11.9 Å². The van der Waals surface area contributed by atoms with E-state index in [1.165, 1.54) is 44.1 Å². The van der Waals surface area contributed by atoms with E-state index in [4.69, 9.17) is 4.74 Å². The summed E-state index contributed by atoms with van der Waals surface area (Å²) in [5.74, 6) is 3.10. The highest BCUT2D eigenvalue weighted by Gasteiger charge is 2.51. The van der Waals surface area contributed by atoms with Gasteiger partial charge in [0.2, 0.25) is 5.91 Å². The van der Waals surface area contributed by atoms with Crippen LogP contribution in [-0.2, 0) is 10.2 Å². The first-order chi connectivity index (χ1) is 16.1. The van der Waals surface area contributed by atoms with Crippen molar-refractivity contribution in [1.82, 2.24) is 4.90 Å². The van der Waals surface area contributed by atoms with Crippen LogP contribution in [0.1, 0.15) is 56.9 Å². The molecular formula is C28H32N2O3. The molecule has 4 saturated carbocycles. The zero-order valence-electron chi connectivity index (χ0n) is 19.0. The van der Waals surface area contributed by atoms with Crippen molar-refractivity contribution in [3.8, 4) is 5.75 Å². The number of rotatable bonds is 4. The third kappa shape index (κ3) is 3.92. The number of nitrogens with zero attached hydrogens (tertiary/aromatic N) is 1. The number of hydrogen-bond acceptors (Lipinski definition) is 3. The van der Waals surface area contributed by atoms with Crippen LogP contribution in [0.15, 0.2) is 54.6 Å². The molecule has 2 amide bonds. The Labute approximate surface area is 195 Å². The van der Waals surface area contributed by atoms with Gasteiger partial charge in [0.25, 0.3) is 0 Å². The van der Waals surface area contributed by atoms with Gasteiger partial charge in [-0.25, -0.2) is 4.79 Å². The monoisotopic (exact) mass is 444 g/mol. The first-order valence-electron chi connectivity index (χ1n) is 12.5. The SMILES string of the molecule is O=C(Nc1ccc(C23CC4CC(CC(C4)C2)C3)cc1)[C@@H]1CCCN1C(=O)Oc1ccccc1. The van der Waals surface area contributed by atoms with Crippen LogP contribution in [0.5, 0.6) is 5.75 Å². The summed E-state index contributed by atoms with van der Waals surface area (Å²) in [6.07, 6.45) is 9.33. The normalized spacial score (nSPS) is 32.1. The molecule has 1 saturated heterocycles. The highest BCUT2D eigenvalue weighted by Crippen LogP contribution is 2.60. The summed E-state index contributed by atoms with van der Waals surface area (Å²) in [5.41, 5.74) is 2.62. The lowest BCUT2D eigenvalue weighted by Gasteiger charge is -2.57.